The van der Waals surface area contributed by atoms with Crippen molar-refractivity contribution in [1.82, 2.24) is 34.1 Å². The van der Waals surface area contributed by atoms with Crippen molar-refractivity contribution in [3.8, 4) is 11.4 Å². The number of aromatic amines is 1. The summed E-state index contributed by atoms with van der Waals surface area (Å²) >= 11 is 0. The summed E-state index contributed by atoms with van der Waals surface area (Å²) < 4.78 is 3.17. The van der Waals surface area contributed by atoms with E-state index in [1.54, 1.807) is 35.4 Å². The first kappa shape index (κ1) is 12.7. The SMILES string of the molecule is CCCn1c(=O)n2c(-c3ccncc3)nnc2c2[nH]cnc21. The van der Waals surface area contributed by atoms with Crippen molar-refractivity contribution in [2.45, 2.75) is 19.9 Å². The van der Waals surface area contributed by atoms with E-state index in [1.807, 2.05) is 6.92 Å². The monoisotopic (exact) mass is 295 g/mol. The lowest BCUT2D eigenvalue weighted by atomic mass is 10.2. The molecule has 0 bridgehead atoms. The van der Waals surface area contributed by atoms with Crippen LogP contribution in [0.3, 0.4) is 0 Å². The number of nitrogens with zero attached hydrogens (tertiary/aromatic N) is 6. The Morgan fingerprint density at radius 2 is 2.00 bits per heavy atom. The summed E-state index contributed by atoms with van der Waals surface area (Å²) in [5.41, 5.74) is 2.40. The molecule has 0 unspecified atom stereocenters. The molecule has 110 valence electrons. The van der Waals surface area contributed by atoms with Crippen molar-refractivity contribution in [3.05, 3.63) is 41.3 Å². The van der Waals surface area contributed by atoms with Crippen LogP contribution in [0.5, 0.6) is 0 Å². The second-order valence-electron chi connectivity index (χ2n) is 4.95. The maximum Gasteiger partial charge on any atom is 0.337 e. The highest BCUT2D eigenvalue weighted by Gasteiger charge is 2.18. The minimum atomic E-state index is -0.187. The average molecular weight is 295 g/mol. The van der Waals surface area contributed by atoms with Crippen LogP contribution >= 0.6 is 0 Å². The maximum atomic E-state index is 12.9. The standard InChI is InChI=1S/C14H13N7O/c1-2-7-20-12-10(16-8-17-12)13-19-18-11(21(13)14(20)22)9-3-5-15-6-4-9/h3-6,8H,2,7H2,1H3,(H,16,17). The number of aryl methyl sites for hydroxylation is 1. The third-order valence-corrected chi connectivity index (χ3v) is 3.57. The molecule has 0 aliphatic rings. The summed E-state index contributed by atoms with van der Waals surface area (Å²) in [6, 6.07) is 3.61. The van der Waals surface area contributed by atoms with Gasteiger partial charge in [-0.2, -0.15) is 0 Å². The van der Waals surface area contributed by atoms with Crippen molar-refractivity contribution in [2.75, 3.05) is 0 Å². The molecule has 8 heteroatoms. The number of nitrogens with one attached hydrogen (secondary N) is 1. The van der Waals surface area contributed by atoms with Gasteiger partial charge in [-0.15, -0.1) is 10.2 Å². The second-order valence-corrected chi connectivity index (χ2v) is 4.95. The van der Waals surface area contributed by atoms with E-state index in [1.165, 1.54) is 4.40 Å². The number of rotatable bonds is 3. The third kappa shape index (κ3) is 1.67. The molecule has 0 aliphatic heterocycles. The molecule has 4 aromatic heterocycles. The number of pyridine rings is 1. The van der Waals surface area contributed by atoms with Crippen LogP contribution in [0.15, 0.2) is 35.6 Å². The number of hydrogen-bond acceptors (Lipinski definition) is 5. The van der Waals surface area contributed by atoms with Crippen LogP contribution in [0, 0.1) is 0 Å². The Kier molecular flexibility index (Phi) is 2.75. The number of imidazole rings is 1. The van der Waals surface area contributed by atoms with E-state index in [9.17, 15) is 4.79 Å². The van der Waals surface area contributed by atoms with Gasteiger partial charge in [0.25, 0.3) is 0 Å². The van der Waals surface area contributed by atoms with Crippen LogP contribution in [0.25, 0.3) is 28.2 Å². The Labute approximate surface area is 124 Å². The van der Waals surface area contributed by atoms with Crippen LogP contribution < -0.4 is 5.69 Å². The molecule has 0 spiro atoms. The first-order valence-corrected chi connectivity index (χ1v) is 7.02. The maximum absolute atomic E-state index is 12.9. The zero-order chi connectivity index (χ0) is 15.1. The van der Waals surface area contributed by atoms with Gasteiger partial charge in [-0.25, -0.2) is 14.2 Å². The topological polar surface area (TPSA) is 93.8 Å². The van der Waals surface area contributed by atoms with Crippen LogP contribution in [-0.2, 0) is 6.54 Å². The van der Waals surface area contributed by atoms with Crippen molar-refractivity contribution in [2.24, 2.45) is 0 Å². The smallest absolute Gasteiger partial charge is 0.337 e. The lowest BCUT2D eigenvalue weighted by Gasteiger charge is -2.07. The van der Waals surface area contributed by atoms with E-state index >= 15 is 0 Å². The predicted octanol–water partition coefficient (Wildman–Crippen LogP) is 1.24. The quantitative estimate of drug-likeness (QED) is 0.613. The first-order chi connectivity index (χ1) is 10.8. The molecule has 4 heterocycles. The molecule has 0 saturated carbocycles. The van der Waals surface area contributed by atoms with Gasteiger partial charge < -0.3 is 4.98 Å². The Morgan fingerprint density at radius 1 is 1.18 bits per heavy atom. The average Bonchev–Trinajstić information content (AvgIpc) is 3.18. The highest BCUT2D eigenvalue weighted by molar-refractivity contribution is 5.86. The summed E-state index contributed by atoms with van der Waals surface area (Å²) in [6.45, 7) is 2.61. The minimum Gasteiger partial charge on any atom is -0.340 e. The molecule has 8 nitrogen and oxygen atoms in total. The summed E-state index contributed by atoms with van der Waals surface area (Å²) in [5.74, 6) is 0.503. The Balaban J connectivity index is 2.15. The van der Waals surface area contributed by atoms with Crippen molar-refractivity contribution < 1.29 is 0 Å². The summed E-state index contributed by atoms with van der Waals surface area (Å²) in [6.07, 6.45) is 5.72. The molecule has 0 fully saturated rings. The van der Waals surface area contributed by atoms with Gasteiger partial charge in [-0.3, -0.25) is 9.55 Å². The minimum absolute atomic E-state index is 0.187. The summed E-state index contributed by atoms with van der Waals surface area (Å²) in [7, 11) is 0. The number of hydrogen-bond donors (Lipinski definition) is 1. The third-order valence-electron chi connectivity index (χ3n) is 3.57. The van der Waals surface area contributed by atoms with E-state index in [0.29, 0.717) is 29.2 Å². The highest BCUT2D eigenvalue weighted by Crippen LogP contribution is 2.19. The van der Waals surface area contributed by atoms with Crippen LogP contribution in [0.4, 0.5) is 0 Å². The molecule has 0 aliphatic carbocycles. The van der Waals surface area contributed by atoms with Gasteiger partial charge in [0.15, 0.2) is 17.1 Å². The lowest BCUT2D eigenvalue weighted by molar-refractivity contribution is 0.648. The van der Waals surface area contributed by atoms with E-state index in [0.717, 1.165) is 12.0 Å². The van der Waals surface area contributed by atoms with Gasteiger partial charge in [0.2, 0.25) is 0 Å². The summed E-state index contributed by atoms with van der Waals surface area (Å²) in [4.78, 5) is 24.1. The van der Waals surface area contributed by atoms with E-state index < -0.39 is 0 Å². The Hall–Kier alpha value is -3.03. The molecule has 0 atom stereocenters. The molecular formula is C14H13N7O. The van der Waals surface area contributed by atoms with Crippen LogP contribution in [-0.4, -0.2) is 34.1 Å². The largest absolute Gasteiger partial charge is 0.340 e. The Bertz CT molecular complexity index is 1010. The van der Waals surface area contributed by atoms with Gasteiger partial charge in [0.1, 0.15) is 5.52 Å². The van der Waals surface area contributed by atoms with Crippen molar-refractivity contribution in [1.29, 1.82) is 0 Å². The number of H-pyrrole nitrogens is 1. The van der Waals surface area contributed by atoms with Gasteiger partial charge in [-0.1, -0.05) is 6.92 Å². The molecule has 4 aromatic rings. The molecule has 0 aromatic carbocycles. The van der Waals surface area contributed by atoms with Gasteiger partial charge in [0.05, 0.1) is 6.33 Å². The highest BCUT2D eigenvalue weighted by atomic mass is 16.1. The van der Waals surface area contributed by atoms with Gasteiger partial charge >= 0.3 is 5.69 Å². The molecule has 0 radical (unpaired) electrons. The fourth-order valence-corrected chi connectivity index (χ4v) is 2.61. The van der Waals surface area contributed by atoms with Gasteiger partial charge in [0, 0.05) is 24.5 Å². The fraction of sp³-hybridized carbons (Fsp3) is 0.214. The molecule has 4 rings (SSSR count). The lowest BCUT2D eigenvalue weighted by Crippen LogP contribution is -2.27. The zero-order valence-corrected chi connectivity index (χ0v) is 11.9. The van der Waals surface area contributed by atoms with Gasteiger partial charge in [-0.05, 0) is 18.6 Å². The predicted molar refractivity (Wildman–Crippen MR) is 80.4 cm³/mol. The van der Waals surface area contributed by atoms with E-state index in [4.69, 9.17) is 0 Å². The van der Waals surface area contributed by atoms with Crippen molar-refractivity contribution in [3.63, 3.8) is 0 Å². The number of fused-ring (bicyclic) bond motifs is 3. The Morgan fingerprint density at radius 3 is 2.77 bits per heavy atom. The van der Waals surface area contributed by atoms with E-state index in [-0.39, 0.29) is 5.69 Å². The first-order valence-electron chi connectivity index (χ1n) is 7.02. The zero-order valence-electron chi connectivity index (χ0n) is 11.9. The fourth-order valence-electron chi connectivity index (χ4n) is 2.61. The molecular weight excluding hydrogens is 282 g/mol. The van der Waals surface area contributed by atoms with Crippen molar-refractivity contribution >= 4 is 16.8 Å². The molecule has 1 N–H and O–H groups in total. The number of aromatic nitrogens is 7. The summed E-state index contributed by atoms with van der Waals surface area (Å²) in [5, 5.41) is 8.35. The normalized spacial score (nSPS) is 11.5. The molecule has 22 heavy (non-hydrogen) atoms. The second kappa shape index (κ2) is 4.76. The molecule has 0 amide bonds. The van der Waals surface area contributed by atoms with E-state index in [2.05, 4.69) is 25.1 Å². The van der Waals surface area contributed by atoms with Crippen LogP contribution in [0.2, 0.25) is 0 Å². The molecule has 0 saturated heterocycles. The van der Waals surface area contributed by atoms with Crippen LogP contribution in [0.1, 0.15) is 13.3 Å².